The van der Waals surface area contributed by atoms with Crippen molar-refractivity contribution in [3.8, 4) is 0 Å². The van der Waals surface area contributed by atoms with E-state index in [4.69, 9.17) is 17.3 Å². The molecule has 0 radical (unpaired) electrons. The van der Waals surface area contributed by atoms with Gasteiger partial charge in [-0.15, -0.1) is 0 Å². The fourth-order valence-electron chi connectivity index (χ4n) is 2.36. The standard InChI is InChI=1S/C14H19ClN4O2/c15-13-6-5-12(19(20)21)9-11(13)10-17-14(16)18-7-3-1-2-4-8-18/h5-6,9H,1-4,7-8,10H2,(H2,16,17). The fraction of sp³-hybridized carbons (Fsp3) is 0.500. The fourth-order valence-corrected chi connectivity index (χ4v) is 2.54. The van der Waals surface area contributed by atoms with Gasteiger partial charge in [-0.05, 0) is 24.5 Å². The van der Waals surface area contributed by atoms with Gasteiger partial charge in [-0.3, -0.25) is 10.1 Å². The topological polar surface area (TPSA) is 84.8 Å². The van der Waals surface area contributed by atoms with Crippen molar-refractivity contribution < 1.29 is 4.92 Å². The maximum atomic E-state index is 10.8. The maximum Gasteiger partial charge on any atom is 0.269 e. The van der Waals surface area contributed by atoms with Crippen LogP contribution in [0.15, 0.2) is 23.2 Å². The smallest absolute Gasteiger partial charge is 0.269 e. The van der Waals surface area contributed by atoms with Gasteiger partial charge in [0.2, 0.25) is 0 Å². The van der Waals surface area contributed by atoms with Crippen molar-refractivity contribution in [3.63, 3.8) is 0 Å². The number of nitrogens with two attached hydrogens (primary N) is 1. The second-order valence-electron chi connectivity index (χ2n) is 5.11. The predicted molar refractivity (Wildman–Crippen MR) is 83.5 cm³/mol. The Bertz CT molecular complexity index is 540. The molecule has 21 heavy (non-hydrogen) atoms. The summed E-state index contributed by atoms with van der Waals surface area (Å²) >= 11 is 6.05. The first kappa shape index (κ1) is 15.6. The van der Waals surface area contributed by atoms with Gasteiger partial charge in [0.15, 0.2) is 5.96 Å². The predicted octanol–water partition coefficient (Wildman–Crippen LogP) is 2.94. The Morgan fingerprint density at radius 1 is 1.33 bits per heavy atom. The summed E-state index contributed by atoms with van der Waals surface area (Å²) < 4.78 is 0. The van der Waals surface area contributed by atoms with Crippen LogP contribution >= 0.6 is 11.6 Å². The highest BCUT2D eigenvalue weighted by Crippen LogP contribution is 2.22. The molecule has 0 unspecified atom stereocenters. The number of nitro groups is 1. The molecule has 2 N–H and O–H groups in total. The molecule has 114 valence electrons. The van der Waals surface area contributed by atoms with Gasteiger partial charge >= 0.3 is 0 Å². The van der Waals surface area contributed by atoms with Gasteiger partial charge in [0.1, 0.15) is 0 Å². The van der Waals surface area contributed by atoms with Crippen LogP contribution in [0.1, 0.15) is 31.2 Å². The number of nitro benzene ring substituents is 1. The Morgan fingerprint density at radius 3 is 2.62 bits per heavy atom. The monoisotopic (exact) mass is 310 g/mol. The summed E-state index contributed by atoms with van der Waals surface area (Å²) in [5.74, 6) is 0.486. The summed E-state index contributed by atoms with van der Waals surface area (Å²) in [7, 11) is 0. The van der Waals surface area contributed by atoms with Crippen molar-refractivity contribution in [2.24, 2.45) is 10.7 Å². The second-order valence-corrected chi connectivity index (χ2v) is 5.52. The molecular weight excluding hydrogens is 292 g/mol. The highest BCUT2D eigenvalue weighted by atomic mass is 35.5. The zero-order valence-corrected chi connectivity index (χ0v) is 12.6. The van der Waals surface area contributed by atoms with Crippen molar-refractivity contribution in [2.45, 2.75) is 32.2 Å². The van der Waals surface area contributed by atoms with Crippen molar-refractivity contribution in [1.29, 1.82) is 0 Å². The number of hydrogen-bond acceptors (Lipinski definition) is 3. The van der Waals surface area contributed by atoms with Crippen LogP contribution in [-0.4, -0.2) is 28.9 Å². The lowest BCUT2D eigenvalue weighted by molar-refractivity contribution is -0.384. The minimum atomic E-state index is -0.443. The molecule has 1 aromatic rings. The van der Waals surface area contributed by atoms with Crippen LogP contribution in [0.4, 0.5) is 5.69 Å². The molecule has 0 saturated carbocycles. The van der Waals surface area contributed by atoms with E-state index in [0.29, 0.717) is 16.5 Å². The second kappa shape index (κ2) is 7.26. The SMILES string of the molecule is NC(=NCc1cc([N+](=O)[O-])ccc1Cl)N1CCCCCC1. The molecule has 1 aliphatic heterocycles. The number of aliphatic imine (C=N–C) groups is 1. The molecule has 7 heteroatoms. The third-order valence-electron chi connectivity index (χ3n) is 3.58. The summed E-state index contributed by atoms with van der Waals surface area (Å²) in [5.41, 5.74) is 6.64. The van der Waals surface area contributed by atoms with Crippen LogP contribution in [-0.2, 0) is 6.54 Å². The zero-order valence-electron chi connectivity index (χ0n) is 11.8. The molecule has 6 nitrogen and oxygen atoms in total. The number of guanidine groups is 1. The zero-order chi connectivity index (χ0) is 15.2. The lowest BCUT2D eigenvalue weighted by Gasteiger charge is -2.21. The third-order valence-corrected chi connectivity index (χ3v) is 3.95. The van der Waals surface area contributed by atoms with Gasteiger partial charge in [-0.2, -0.15) is 0 Å². The number of halogens is 1. The van der Waals surface area contributed by atoms with Crippen LogP contribution in [0, 0.1) is 10.1 Å². The van der Waals surface area contributed by atoms with Gasteiger partial charge in [-0.1, -0.05) is 24.4 Å². The number of non-ortho nitro benzene ring substituents is 1. The van der Waals surface area contributed by atoms with Crippen LogP contribution in [0.3, 0.4) is 0 Å². The number of rotatable bonds is 3. The van der Waals surface area contributed by atoms with E-state index in [-0.39, 0.29) is 12.2 Å². The highest BCUT2D eigenvalue weighted by molar-refractivity contribution is 6.31. The number of hydrogen-bond donors (Lipinski definition) is 1. The van der Waals surface area contributed by atoms with Crippen LogP contribution in [0.2, 0.25) is 5.02 Å². The minimum absolute atomic E-state index is 0.0120. The summed E-state index contributed by atoms with van der Waals surface area (Å²) in [5, 5.41) is 11.2. The third kappa shape index (κ3) is 4.32. The summed E-state index contributed by atoms with van der Waals surface area (Å²) in [4.78, 5) is 16.7. The van der Waals surface area contributed by atoms with E-state index in [1.165, 1.54) is 31.0 Å². The summed E-state index contributed by atoms with van der Waals surface area (Å²) in [6.45, 7) is 2.08. The Labute approximate surface area is 128 Å². The number of nitrogens with zero attached hydrogens (tertiary/aromatic N) is 3. The van der Waals surface area contributed by atoms with E-state index in [0.717, 1.165) is 25.9 Å². The quantitative estimate of drug-likeness (QED) is 0.402. The molecular formula is C14H19ClN4O2. The molecule has 0 atom stereocenters. The number of likely N-dealkylation sites (tertiary alicyclic amines) is 1. The van der Waals surface area contributed by atoms with Gasteiger partial charge in [0, 0.05) is 30.2 Å². The molecule has 1 fully saturated rings. The Hall–Kier alpha value is -1.82. The normalized spacial score (nSPS) is 16.6. The molecule has 1 heterocycles. The molecule has 0 bridgehead atoms. The van der Waals surface area contributed by atoms with Crippen LogP contribution in [0.25, 0.3) is 0 Å². The summed E-state index contributed by atoms with van der Waals surface area (Å²) in [6, 6.07) is 4.35. The molecule has 0 aromatic heterocycles. The first-order valence-electron chi connectivity index (χ1n) is 7.05. The first-order valence-corrected chi connectivity index (χ1v) is 7.43. The Balaban J connectivity index is 2.08. The summed E-state index contributed by atoms with van der Waals surface area (Å²) in [6.07, 6.45) is 4.68. The van der Waals surface area contributed by atoms with Gasteiger partial charge < -0.3 is 10.6 Å². The van der Waals surface area contributed by atoms with Gasteiger partial charge in [0.25, 0.3) is 5.69 Å². The highest BCUT2D eigenvalue weighted by Gasteiger charge is 2.12. The Morgan fingerprint density at radius 2 is 2.00 bits per heavy atom. The van der Waals surface area contributed by atoms with Crippen molar-refractivity contribution in [1.82, 2.24) is 4.90 Å². The van der Waals surface area contributed by atoms with E-state index in [9.17, 15) is 10.1 Å². The van der Waals surface area contributed by atoms with Crippen molar-refractivity contribution in [2.75, 3.05) is 13.1 Å². The van der Waals surface area contributed by atoms with Crippen LogP contribution in [0.5, 0.6) is 0 Å². The molecule has 1 saturated heterocycles. The van der Waals surface area contributed by atoms with E-state index >= 15 is 0 Å². The molecule has 1 aliphatic rings. The van der Waals surface area contributed by atoms with Crippen molar-refractivity contribution >= 4 is 23.2 Å². The minimum Gasteiger partial charge on any atom is -0.370 e. The van der Waals surface area contributed by atoms with Crippen molar-refractivity contribution in [3.05, 3.63) is 38.9 Å². The van der Waals surface area contributed by atoms with E-state index in [1.54, 1.807) is 0 Å². The number of benzene rings is 1. The molecule has 0 amide bonds. The molecule has 2 rings (SSSR count). The average Bonchev–Trinajstić information content (AvgIpc) is 2.75. The van der Waals surface area contributed by atoms with E-state index in [1.807, 2.05) is 0 Å². The largest absolute Gasteiger partial charge is 0.370 e. The lowest BCUT2D eigenvalue weighted by Crippen LogP contribution is -2.38. The average molecular weight is 311 g/mol. The molecule has 0 spiro atoms. The van der Waals surface area contributed by atoms with E-state index in [2.05, 4.69) is 9.89 Å². The van der Waals surface area contributed by atoms with Crippen LogP contribution < -0.4 is 5.73 Å². The van der Waals surface area contributed by atoms with Gasteiger partial charge in [-0.25, -0.2) is 4.99 Å². The first-order chi connectivity index (χ1) is 10.1. The maximum absolute atomic E-state index is 10.8. The van der Waals surface area contributed by atoms with E-state index < -0.39 is 4.92 Å². The molecule has 1 aromatic carbocycles. The lowest BCUT2D eigenvalue weighted by atomic mass is 10.2. The van der Waals surface area contributed by atoms with Gasteiger partial charge in [0.05, 0.1) is 11.5 Å². The molecule has 0 aliphatic carbocycles. The Kier molecular flexibility index (Phi) is 5.38.